The Morgan fingerprint density at radius 1 is 1.07 bits per heavy atom. The third-order valence-electron chi connectivity index (χ3n) is 4.42. The van der Waals surface area contributed by atoms with Crippen LogP contribution in [-0.2, 0) is 6.61 Å². The van der Waals surface area contributed by atoms with Gasteiger partial charge in [-0.05, 0) is 42.8 Å². The summed E-state index contributed by atoms with van der Waals surface area (Å²) in [6.07, 6.45) is 0. The highest BCUT2D eigenvalue weighted by molar-refractivity contribution is 6.04. The molecular weight excluding hydrogens is 382 g/mol. The number of nitrogens with one attached hydrogen (secondary N) is 2. The second-order valence-corrected chi connectivity index (χ2v) is 6.78. The van der Waals surface area contributed by atoms with Crippen molar-refractivity contribution in [2.24, 2.45) is 0 Å². The fraction of sp³-hybridized carbons (Fsp3) is 0.0870. The molecule has 0 atom stereocenters. The van der Waals surface area contributed by atoms with E-state index in [1.807, 2.05) is 31.2 Å². The molecule has 4 aromatic rings. The van der Waals surface area contributed by atoms with Crippen molar-refractivity contribution in [3.05, 3.63) is 100 Å². The molecule has 0 saturated carbocycles. The van der Waals surface area contributed by atoms with E-state index in [4.69, 9.17) is 4.74 Å². The Bertz CT molecular complexity index is 1240. The van der Waals surface area contributed by atoms with Gasteiger partial charge in [-0.1, -0.05) is 53.2 Å². The van der Waals surface area contributed by atoms with E-state index in [1.165, 1.54) is 5.56 Å². The molecule has 1 amide bonds. The first kappa shape index (κ1) is 19.2. The fourth-order valence-corrected chi connectivity index (χ4v) is 3.00. The molecule has 1 heterocycles. The van der Waals surface area contributed by atoms with Gasteiger partial charge in [0.15, 0.2) is 5.82 Å². The highest BCUT2D eigenvalue weighted by atomic mass is 16.5. The molecule has 0 saturated heterocycles. The van der Waals surface area contributed by atoms with Gasteiger partial charge in [0.2, 0.25) is 0 Å². The minimum Gasteiger partial charge on any atom is -0.489 e. The normalized spacial score (nSPS) is 10.6. The van der Waals surface area contributed by atoms with Crippen molar-refractivity contribution < 1.29 is 14.1 Å². The molecule has 2 N–H and O–H groups in total. The van der Waals surface area contributed by atoms with Crippen LogP contribution in [0.1, 0.15) is 21.5 Å². The first-order valence-corrected chi connectivity index (χ1v) is 9.33. The van der Waals surface area contributed by atoms with Crippen LogP contribution >= 0.6 is 0 Å². The number of carbonyl (C=O) groups excluding carboxylic acids is 1. The van der Waals surface area contributed by atoms with E-state index in [0.29, 0.717) is 35.0 Å². The monoisotopic (exact) mass is 401 g/mol. The van der Waals surface area contributed by atoms with Crippen molar-refractivity contribution in [2.45, 2.75) is 13.5 Å². The average Bonchev–Trinajstić information content (AvgIpc) is 3.19. The van der Waals surface area contributed by atoms with Crippen molar-refractivity contribution in [1.29, 1.82) is 0 Å². The van der Waals surface area contributed by atoms with Crippen molar-refractivity contribution in [1.82, 2.24) is 10.1 Å². The van der Waals surface area contributed by atoms with E-state index in [-0.39, 0.29) is 5.91 Å². The van der Waals surface area contributed by atoms with Crippen LogP contribution < -0.4 is 15.8 Å². The molecule has 0 fully saturated rings. The topological polar surface area (TPSA) is 97.2 Å². The van der Waals surface area contributed by atoms with Gasteiger partial charge in [-0.25, -0.2) is 4.79 Å². The lowest BCUT2D eigenvalue weighted by atomic mass is 10.1. The quantitative estimate of drug-likeness (QED) is 0.505. The van der Waals surface area contributed by atoms with E-state index in [0.717, 1.165) is 5.56 Å². The zero-order chi connectivity index (χ0) is 20.9. The Morgan fingerprint density at radius 2 is 1.90 bits per heavy atom. The highest BCUT2D eigenvalue weighted by Gasteiger charge is 2.10. The number of carbonyl (C=O) groups is 1. The average molecular weight is 401 g/mol. The lowest BCUT2D eigenvalue weighted by Crippen LogP contribution is -2.12. The van der Waals surface area contributed by atoms with Crippen LogP contribution in [0, 0.1) is 6.92 Å². The first-order chi connectivity index (χ1) is 14.6. The van der Waals surface area contributed by atoms with E-state index in [1.54, 1.807) is 42.5 Å². The number of aromatic amines is 1. The molecule has 0 unspecified atom stereocenters. The minimum absolute atomic E-state index is 0.276. The molecule has 0 radical (unpaired) electrons. The largest absolute Gasteiger partial charge is 0.489 e. The lowest BCUT2D eigenvalue weighted by molar-refractivity contribution is 0.102. The summed E-state index contributed by atoms with van der Waals surface area (Å²) < 4.78 is 10.4. The number of rotatable bonds is 6. The zero-order valence-corrected chi connectivity index (χ0v) is 16.2. The summed E-state index contributed by atoms with van der Waals surface area (Å²) in [6, 6.07) is 22.0. The van der Waals surface area contributed by atoms with Crippen LogP contribution in [0.3, 0.4) is 0 Å². The fourth-order valence-electron chi connectivity index (χ4n) is 3.00. The maximum atomic E-state index is 12.7. The van der Waals surface area contributed by atoms with Gasteiger partial charge in [-0.3, -0.25) is 14.3 Å². The number of hydrogen-bond donors (Lipinski definition) is 2. The Kier molecular flexibility index (Phi) is 5.43. The number of H-pyrrole nitrogens is 1. The molecule has 7 nitrogen and oxygen atoms in total. The summed E-state index contributed by atoms with van der Waals surface area (Å²) >= 11 is 0. The number of aromatic nitrogens is 2. The molecule has 0 aliphatic rings. The van der Waals surface area contributed by atoms with Gasteiger partial charge < -0.3 is 10.1 Å². The standard InChI is InChI=1S/C23H19N3O4/c1-15-5-2-6-16(11-15)14-29-20-10-4-8-18(13-20)22(27)24-19-9-3-7-17(12-19)21-25-23(28)30-26-21/h2-13H,14H2,1H3,(H,24,27)(H,25,26,28). The third-order valence-corrected chi connectivity index (χ3v) is 4.42. The molecular formula is C23H19N3O4. The lowest BCUT2D eigenvalue weighted by Gasteiger charge is -2.10. The van der Waals surface area contributed by atoms with Crippen LogP contribution in [0.5, 0.6) is 5.75 Å². The minimum atomic E-state index is -0.637. The second-order valence-electron chi connectivity index (χ2n) is 6.78. The van der Waals surface area contributed by atoms with Crippen LogP contribution in [0.25, 0.3) is 11.4 Å². The number of anilines is 1. The molecule has 150 valence electrons. The Hall–Kier alpha value is -4.13. The molecule has 3 aromatic carbocycles. The van der Waals surface area contributed by atoms with Gasteiger partial charge in [-0.2, -0.15) is 0 Å². The smallest absolute Gasteiger partial charge is 0.439 e. The van der Waals surface area contributed by atoms with Crippen molar-refractivity contribution >= 4 is 11.6 Å². The van der Waals surface area contributed by atoms with Crippen LogP contribution in [0.15, 0.2) is 82.1 Å². The summed E-state index contributed by atoms with van der Waals surface area (Å²) in [6.45, 7) is 2.45. The molecule has 0 bridgehead atoms. The Labute approximate surface area is 172 Å². The molecule has 1 aromatic heterocycles. The van der Waals surface area contributed by atoms with Gasteiger partial charge in [-0.15, -0.1) is 0 Å². The van der Waals surface area contributed by atoms with Gasteiger partial charge in [0, 0.05) is 16.8 Å². The molecule has 7 heteroatoms. The van der Waals surface area contributed by atoms with E-state index in [2.05, 4.69) is 26.0 Å². The summed E-state index contributed by atoms with van der Waals surface area (Å²) in [5.74, 6) is -0.00978. The number of nitrogens with zero attached hydrogens (tertiary/aromatic N) is 1. The molecule has 30 heavy (non-hydrogen) atoms. The summed E-state index contributed by atoms with van der Waals surface area (Å²) in [7, 11) is 0. The summed E-state index contributed by atoms with van der Waals surface area (Å²) in [5.41, 5.74) is 3.88. The summed E-state index contributed by atoms with van der Waals surface area (Å²) in [4.78, 5) is 26.3. The molecule has 4 rings (SSSR count). The van der Waals surface area contributed by atoms with Crippen LogP contribution in [-0.4, -0.2) is 16.0 Å². The first-order valence-electron chi connectivity index (χ1n) is 9.33. The van der Waals surface area contributed by atoms with Gasteiger partial charge in [0.25, 0.3) is 5.91 Å². The molecule has 0 aliphatic carbocycles. The van der Waals surface area contributed by atoms with Gasteiger partial charge >= 0.3 is 5.76 Å². The number of ether oxygens (including phenoxy) is 1. The van der Waals surface area contributed by atoms with Crippen molar-refractivity contribution in [2.75, 3.05) is 5.32 Å². The van der Waals surface area contributed by atoms with E-state index in [9.17, 15) is 9.59 Å². The van der Waals surface area contributed by atoms with Crippen LogP contribution in [0.2, 0.25) is 0 Å². The maximum Gasteiger partial charge on any atom is 0.439 e. The summed E-state index contributed by atoms with van der Waals surface area (Å²) in [5, 5.41) is 6.49. The second kappa shape index (κ2) is 8.48. The predicted octanol–water partition coefficient (Wildman–Crippen LogP) is 4.17. The predicted molar refractivity (Wildman–Crippen MR) is 112 cm³/mol. The van der Waals surface area contributed by atoms with Gasteiger partial charge in [0.1, 0.15) is 12.4 Å². The SMILES string of the molecule is Cc1cccc(COc2cccc(C(=O)Nc3cccc(-c4noc(=O)[nH]4)c3)c2)c1. The Balaban J connectivity index is 1.45. The van der Waals surface area contributed by atoms with Crippen LogP contribution in [0.4, 0.5) is 5.69 Å². The Morgan fingerprint density at radius 3 is 2.70 bits per heavy atom. The van der Waals surface area contributed by atoms with Gasteiger partial charge in [0.05, 0.1) is 0 Å². The molecule has 0 spiro atoms. The highest BCUT2D eigenvalue weighted by Crippen LogP contribution is 2.20. The third kappa shape index (κ3) is 4.64. The zero-order valence-electron chi connectivity index (χ0n) is 16.2. The maximum absolute atomic E-state index is 12.7. The number of amides is 1. The van der Waals surface area contributed by atoms with Crippen molar-refractivity contribution in [3.8, 4) is 17.1 Å². The number of benzene rings is 3. The van der Waals surface area contributed by atoms with E-state index < -0.39 is 5.76 Å². The number of hydrogen-bond acceptors (Lipinski definition) is 5. The molecule has 0 aliphatic heterocycles. The number of aryl methyl sites for hydroxylation is 1. The van der Waals surface area contributed by atoms with E-state index >= 15 is 0 Å². The van der Waals surface area contributed by atoms with Crippen molar-refractivity contribution in [3.63, 3.8) is 0 Å².